The van der Waals surface area contributed by atoms with Gasteiger partial charge in [0.2, 0.25) is 0 Å². The number of urea groups is 1. The van der Waals surface area contributed by atoms with Crippen LogP contribution in [0.5, 0.6) is 0 Å². The van der Waals surface area contributed by atoms with Crippen molar-refractivity contribution in [2.45, 2.75) is 44.8 Å². The van der Waals surface area contributed by atoms with Crippen LogP contribution in [-0.2, 0) is 9.63 Å². The van der Waals surface area contributed by atoms with Crippen molar-refractivity contribution in [2.24, 2.45) is 5.16 Å². The first-order chi connectivity index (χ1) is 12.0. The Bertz CT molecular complexity index is 676. The van der Waals surface area contributed by atoms with Crippen LogP contribution in [0.4, 0.5) is 10.5 Å². The van der Waals surface area contributed by atoms with E-state index in [4.69, 9.17) is 4.84 Å². The summed E-state index contributed by atoms with van der Waals surface area (Å²) in [6.45, 7) is 4.96. The van der Waals surface area contributed by atoms with Gasteiger partial charge in [-0.3, -0.25) is 9.78 Å². The number of likely N-dealkylation sites (tertiary alicyclic amines) is 1. The van der Waals surface area contributed by atoms with E-state index in [0.29, 0.717) is 30.9 Å². The van der Waals surface area contributed by atoms with E-state index in [1.165, 1.54) is 0 Å². The molecule has 0 saturated carbocycles. The molecule has 134 valence electrons. The van der Waals surface area contributed by atoms with E-state index in [1.54, 1.807) is 29.4 Å². The third kappa shape index (κ3) is 4.07. The molecule has 2 N–H and O–H groups in total. The zero-order valence-electron chi connectivity index (χ0n) is 14.5. The zero-order valence-corrected chi connectivity index (χ0v) is 14.5. The topological polar surface area (TPSA) is 95.9 Å². The van der Waals surface area contributed by atoms with Crippen LogP contribution in [0.2, 0.25) is 0 Å². The molecule has 3 amide bonds. The highest BCUT2D eigenvalue weighted by Crippen LogP contribution is 2.33. The standard InChI is InChI=1S/C17H23N5O3/c1-12(2)19-16(24)22-8-4-6-17(11-22)9-14(21-25-17)15(23)20-13-5-3-7-18-10-13/h3,5,7,10,12H,4,6,8-9,11H2,1-2H3,(H,19,24)(H,20,23). The number of nitrogens with one attached hydrogen (secondary N) is 2. The first kappa shape index (κ1) is 17.2. The van der Waals surface area contributed by atoms with Crippen LogP contribution in [-0.4, -0.2) is 52.3 Å². The highest BCUT2D eigenvalue weighted by Gasteiger charge is 2.45. The monoisotopic (exact) mass is 345 g/mol. The second kappa shape index (κ2) is 7.08. The van der Waals surface area contributed by atoms with Gasteiger partial charge < -0.3 is 20.4 Å². The second-order valence-corrected chi connectivity index (χ2v) is 6.81. The fourth-order valence-corrected chi connectivity index (χ4v) is 3.11. The molecule has 1 spiro atoms. The molecule has 25 heavy (non-hydrogen) atoms. The number of carbonyl (C=O) groups is 2. The van der Waals surface area contributed by atoms with E-state index in [9.17, 15) is 9.59 Å². The number of nitrogens with zero attached hydrogens (tertiary/aromatic N) is 3. The lowest BCUT2D eigenvalue weighted by atomic mass is 9.88. The average molecular weight is 345 g/mol. The lowest BCUT2D eigenvalue weighted by molar-refractivity contribution is -0.110. The summed E-state index contributed by atoms with van der Waals surface area (Å²) in [4.78, 5) is 35.9. The molecule has 1 atom stereocenters. The van der Waals surface area contributed by atoms with Crippen molar-refractivity contribution in [3.63, 3.8) is 0 Å². The summed E-state index contributed by atoms with van der Waals surface area (Å²) in [7, 11) is 0. The Kier molecular flexibility index (Phi) is 4.87. The van der Waals surface area contributed by atoms with Gasteiger partial charge in [-0.15, -0.1) is 0 Å². The van der Waals surface area contributed by atoms with Gasteiger partial charge in [-0.25, -0.2) is 4.79 Å². The maximum Gasteiger partial charge on any atom is 0.317 e. The number of oxime groups is 1. The van der Waals surface area contributed by atoms with E-state index >= 15 is 0 Å². The normalized spacial score (nSPS) is 22.5. The molecule has 0 radical (unpaired) electrons. The Labute approximate surface area is 146 Å². The molecule has 2 aliphatic heterocycles. The van der Waals surface area contributed by atoms with Crippen LogP contribution in [0.1, 0.15) is 33.1 Å². The summed E-state index contributed by atoms with van der Waals surface area (Å²) < 4.78 is 0. The lowest BCUT2D eigenvalue weighted by Gasteiger charge is -2.38. The number of hydrogen-bond acceptors (Lipinski definition) is 5. The van der Waals surface area contributed by atoms with Gasteiger partial charge in [0.05, 0.1) is 18.4 Å². The van der Waals surface area contributed by atoms with Crippen molar-refractivity contribution >= 4 is 23.3 Å². The molecule has 1 unspecified atom stereocenters. The SMILES string of the molecule is CC(C)NC(=O)N1CCCC2(CC(C(=O)Nc3cccnc3)=NO2)C1. The van der Waals surface area contributed by atoms with E-state index < -0.39 is 5.60 Å². The molecular formula is C17H23N5O3. The summed E-state index contributed by atoms with van der Waals surface area (Å²) in [5, 5.41) is 9.64. The lowest BCUT2D eigenvalue weighted by Crippen LogP contribution is -2.54. The Morgan fingerprint density at radius 2 is 2.24 bits per heavy atom. The molecule has 2 aliphatic rings. The van der Waals surface area contributed by atoms with Gasteiger partial charge in [0.25, 0.3) is 5.91 Å². The Hall–Kier alpha value is -2.64. The molecule has 0 aromatic carbocycles. The highest BCUT2D eigenvalue weighted by atomic mass is 16.7. The number of carbonyl (C=O) groups excluding carboxylic acids is 2. The predicted molar refractivity (Wildman–Crippen MR) is 93.2 cm³/mol. The Balaban J connectivity index is 1.60. The van der Waals surface area contributed by atoms with E-state index in [1.807, 2.05) is 13.8 Å². The van der Waals surface area contributed by atoms with Crippen LogP contribution in [0.3, 0.4) is 0 Å². The van der Waals surface area contributed by atoms with Crippen LogP contribution in [0.15, 0.2) is 29.7 Å². The zero-order chi connectivity index (χ0) is 17.9. The Morgan fingerprint density at radius 1 is 1.40 bits per heavy atom. The fourth-order valence-electron chi connectivity index (χ4n) is 3.11. The summed E-state index contributed by atoms with van der Waals surface area (Å²) in [6, 6.07) is 3.48. The minimum absolute atomic E-state index is 0.0759. The number of aromatic nitrogens is 1. The number of amides is 3. The molecule has 1 aromatic rings. The van der Waals surface area contributed by atoms with Gasteiger partial charge in [-0.05, 0) is 38.8 Å². The maximum atomic E-state index is 12.4. The highest BCUT2D eigenvalue weighted by molar-refractivity contribution is 6.43. The number of pyridine rings is 1. The molecule has 3 rings (SSSR count). The predicted octanol–water partition coefficient (Wildman–Crippen LogP) is 1.75. The van der Waals surface area contributed by atoms with E-state index in [-0.39, 0.29) is 18.0 Å². The molecular weight excluding hydrogens is 322 g/mol. The minimum atomic E-state index is -0.603. The summed E-state index contributed by atoms with van der Waals surface area (Å²) in [5.41, 5.74) is 0.349. The van der Waals surface area contributed by atoms with Crippen molar-refractivity contribution < 1.29 is 14.4 Å². The maximum absolute atomic E-state index is 12.4. The third-order valence-electron chi connectivity index (χ3n) is 4.26. The van der Waals surface area contributed by atoms with Crippen LogP contribution < -0.4 is 10.6 Å². The molecule has 8 heteroatoms. The smallest absolute Gasteiger partial charge is 0.317 e. The van der Waals surface area contributed by atoms with Gasteiger partial charge in [-0.2, -0.15) is 0 Å². The van der Waals surface area contributed by atoms with E-state index in [0.717, 1.165) is 12.8 Å². The van der Waals surface area contributed by atoms with Crippen molar-refractivity contribution in [1.29, 1.82) is 0 Å². The second-order valence-electron chi connectivity index (χ2n) is 6.81. The molecule has 8 nitrogen and oxygen atoms in total. The van der Waals surface area contributed by atoms with Crippen molar-refractivity contribution in [3.8, 4) is 0 Å². The van der Waals surface area contributed by atoms with Gasteiger partial charge in [0.15, 0.2) is 5.60 Å². The van der Waals surface area contributed by atoms with Gasteiger partial charge in [0, 0.05) is 25.2 Å². The molecule has 1 fully saturated rings. The summed E-state index contributed by atoms with van der Waals surface area (Å²) >= 11 is 0. The van der Waals surface area contributed by atoms with Crippen molar-refractivity contribution in [3.05, 3.63) is 24.5 Å². The first-order valence-electron chi connectivity index (χ1n) is 8.49. The van der Waals surface area contributed by atoms with Crippen molar-refractivity contribution in [1.82, 2.24) is 15.2 Å². The Morgan fingerprint density at radius 3 is 2.96 bits per heavy atom. The number of rotatable bonds is 3. The van der Waals surface area contributed by atoms with Crippen LogP contribution >= 0.6 is 0 Å². The third-order valence-corrected chi connectivity index (χ3v) is 4.26. The fraction of sp³-hybridized carbons (Fsp3) is 0.529. The van der Waals surface area contributed by atoms with Crippen LogP contribution in [0, 0.1) is 0 Å². The molecule has 0 aliphatic carbocycles. The summed E-state index contributed by atoms with van der Waals surface area (Å²) in [6.07, 6.45) is 5.19. The van der Waals surface area contributed by atoms with Gasteiger partial charge >= 0.3 is 6.03 Å². The largest absolute Gasteiger partial charge is 0.386 e. The number of anilines is 1. The van der Waals surface area contributed by atoms with Crippen LogP contribution in [0.25, 0.3) is 0 Å². The molecule has 1 aromatic heterocycles. The van der Waals surface area contributed by atoms with Gasteiger partial charge in [-0.1, -0.05) is 5.16 Å². The number of piperidine rings is 1. The van der Waals surface area contributed by atoms with Crippen molar-refractivity contribution in [2.75, 3.05) is 18.4 Å². The minimum Gasteiger partial charge on any atom is -0.386 e. The quantitative estimate of drug-likeness (QED) is 0.872. The average Bonchev–Trinajstić information content (AvgIpc) is 2.99. The number of hydrogen-bond donors (Lipinski definition) is 2. The van der Waals surface area contributed by atoms with E-state index in [2.05, 4.69) is 20.8 Å². The first-order valence-corrected chi connectivity index (χ1v) is 8.49. The summed E-state index contributed by atoms with van der Waals surface area (Å²) in [5.74, 6) is -0.298. The molecule has 1 saturated heterocycles. The molecule has 0 bridgehead atoms. The molecule has 3 heterocycles. The van der Waals surface area contributed by atoms with Gasteiger partial charge in [0.1, 0.15) is 5.71 Å².